The Morgan fingerprint density at radius 1 is 0.833 bits per heavy atom. The standard InChI is InChI=1S/C16H31NO7/c1-19-16(18)14-23-11-10-21-7-6-20-8-9-22-12-13-24-15-2-4-17-5-3-15/h15,17H,2-14H2,1H3. The monoisotopic (exact) mass is 349 g/mol. The molecule has 1 rings (SSSR count). The Balaban J connectivity index is 1.69. The summed E-state index contributed by atoms with van der Waals surface area (Å²) >= 11 is 0. The molecule has 142 valence electrons. The second kappa shape index (κ2) is 15.7. The third kappa shape index (κ3) is 12.6. The quantitative estimate of drug-likeness (QED) is 0.327. The molecule has 0 saturated carbocycles. The van der Waals surface area contributed by atoms with Gasteiger partial charge in [-0.3, -0.25) is 0 Å². The number of esters is 1. The summed E-state index contributed by atoms with van der Waals surface area (Å²) in [5, 5.41) is 3.31. The largest absolute Gasteiger partial charge is 0.467 e. The van der Waals surface area contributed by atoms with Crippen LogP contribution in [0.25, 0.3) is 0 Å². The highest BCUT2D eigenvalue weighted by atomic mass is 16.6. The molecule has 24 heavy (non-hydrogen) atoms. The number of hydrogen-bond acceptors (Lipinski definition) is 8. The van der Waals surface area contributed by atoms with Crippen LogP contribution in [-0.4, -0.2) is 91.7 Å². The molecule has 0 bridgehead atoms. The van der Waals surface area contributed by atoms with E-state index in [1.54, 1.807) is 0 Å². The summed E-state index contributed by atoms with van der Waals surface area (Å²) in [6.45, 7) is 6.13. The molecule has 8 nitrogen and oxygen atoms in total. The van der Waals surface area contributed by atoms with E-state index in [1.807, 2.05) is 0 Å². The molecule has 1 heterocycles. The smallest absolute Gasteiger partial charge is 0.331 e. The maximum Gasteiger partial charge on any atom is 0.331 e. The molecule has 0 aromatic heterocycles. The maximum absolute atomic E-state index is 10.8. The third-order valence-corrected chi connectivity index (χ3v) is 3.43. The number of carbonyl (C=O) groups is 1. The van der Waals surface area contributed by atoms with Gasteiger partial charge in [-0.15, -0.1) is 0 Å². The average Bonchev–Trinajstić information content (AvgIpc) is 2.62. The Morgan fingerprint density at radius 3 is 1.88 bits per heavy atom. The normalized spacial score (nSPS) is 15.5. The zero-order chi connectivity index (χ0) is 17.3. The van der Waals surface area contributed by atoms with Crippen LogP contribution in [0.2, 0.25) is 0 Å². The lowest BCUT2D eigenvalue weighted by molar-refractivity contribution is -0.146. The Kier molecular flexibility index (Phi) is 14.0. The van der Waals surface area contributed by atoms with E-state index in [4.69, 9.17) is 23.7 Å². The summed E-state index contributed by atoms with van der Waals surface area (Å²) in [5.74, 6) is -0.389. The van der Waals surface area contributed by atoms with Gasteiger partial charge in [0, 0.05) is 0 Å². The molecule has 0 aromatic rings. The molecule has 0 spiro atoms. The van der Waals surface area contributed by atoms with Crippen LogP contribution in [0.4, 0.5) is 0 Å². The first-order valence-corrected chi connectivity index (χ1v) is 8.53. The fraction of sp³-hybridized carbons (Fsp3) is 0.938. The van der Waals surface area contributed by atoms with E-state index < -0.39 is 0 Å². The second-order valence-corrected chi connectivity index (χ2v) is 5.29. The number of ether oxygens (including phenoxy) is 6. The van der Waals surface area contributed by atoms with Gasteiger partial charge in [0.1, 0.15) is 6.61 Å². The van der Waals surface area contributed by atoms with E-state index in [0.29, 0.717) is 59.0 Å². The molecule has 1 saturated heterocycles. The minimum Gasteiger partial charge on any atom is -0.467 e. The van der Waals surface area contributed by atoms with Gasteiger partial charge in [-0.25, -0.2) is 4.79 Å². The van der Waals surface area contributed by atoms with Crippen LogP contribution in [0, 0.1) is 0 Å². The molecular weight excluding hydrogens is 318 g/mol. The SMILES string of the molecule is COC(=O)COCCOCCOCCOCCOC1CCNCC1. The van der Waals surface area contributed by atoms with Crippen molar-refractivity contribution < 1.29 is 33.2 Å². The zero-order valence-corrected chi connectivity index (χ0v) is 14.6. The van der Waals surface area contributed by atoms with Crippen LogP contribution in [0.5, 0.6) is 0 Å². The predicted molar refractivity (Wildman–Crippen MR) is 87.1 cm³/mol. The van der Waals surface area contributed by atoms with Crippen LogP contribution >= 0.6 is 0 Å². The van der Waals surface area contributed by atoms with Gasteiger partial charge in [-0.05, 0) is 25.9 Å². The van der Waals surface area contributed by atoms with E-state index in [0.717, 1.165) is 25.9 Å². The predicted octanol–water partition coefficient (Wildman–Crippen LogP) is -0.00560. The third-order valence-electron chi connectivity index (χ3n) is 3.43. The van der Waals surface area contributed by atoms with Crippen molar-refractivity contribution >= 4 is 5.97 Å². The van der Waals surface area contributed by atoms with Crippen molar-refractivity contribution in [2.45, 2.75) is 18.9 Å². The Bertz CT molecular complexity index is 298. The van der Waals surface area contributed by atoms with Crippen molar-refractivity contribution in [1.82, 2.24) is 5.32 Å². The van der Waals surface area contributed by atoms with Gasteiger partial charge in [-0.1, -0.05) is 0 Å². The molecule has 1 aliphatic rings. The summed E-state index contributed by atoms with van der Waals surface area (Å²) in [6.07, 6.45) is 2.54. The molecule has 1 N–H and O–H groups in total. The number of nitrogens with one attached hydrogen (secondary N) is 1. The van der Waals surface area contributed by atoms with Crippen molar-refractivity contribution in [3.05, 3.63) is 0 Å². The van der Waals surface area contributed by atoms with Crippen LogP contribution in [0.1, 0.15) is 12.8 Å². The second-order valence-electron chi connectivity index (χ2n) is 5.29. The van der Waals surface area contributed by atoms with Gasteiger partial charge < -0.3 is 33.7 Å². The molecule has 0 amide bonds. The lowest BCUT2D eigenvalue weighted by atomic mass is 10.1. The van der Waals surface area contributed by atoms with Gasteiger partial charge in [-0.2, -0.15) is 0 Å². The van der Waals surface area contributed by atoms with Crippen molar-refractivity contribution in [1.29, 1.82) is 0 Å². The molecule has 1 aliphatic heterocycles. The number of hydrogen-bond donors (Lipinski definition) is 1. The number of carbonyl (C=O) groups excluding carboxylic acids is 1. The number of piperidine rings is 1. The zero-order valence-electron chi connectivity index (χ0n) is 14.6. The van der Waals surface area contributed by atoms with Crippen molar-refractivity contribution in [3.8, 4) is 0 Å². The highest BCUT2D eigenvalue weighted by molar-refractivity contribution is 5.70. The Hall–Kier alpha value is -0.770. The minimum atomic E-state index is -0.389. The molecule has 8 heteroatoms. The first-order chi connectivity index (χ1) is 11.8. The van der Waals surface area contributed by atoms with E-state index in [1.165, 1.54) is 7.11 Å². The molecule has 0 aromatic carbocycles. The summed E-state index contributed by atoms with van der Waals surface area (Å²) in [6, 6.07) is 0. The molecule has 0 unspecified atom stereocenters. The highest BCUT2D eigenvalue weighted by Gasteiger charge is 2.12. The summed E-state index contributed by atoms with van der Waals surface area (Å²) < 4.78 is 31.3. The average molecular weight is 349 g/mol. The Labute approximate surface area is 144 Å². The molecule has 0 aliphatic carbocycles. The van der Waals surface area contributed by atoms with E-state index in [9.17, 15) is 4.79 Å². The van der Waals surface area contributed by atoms with Crippen LogP contribution in [0.15, 0.2) is 0 Å². The number of methoxy groups -OCH3 is 1. The lowest BCUT2D eigenvalue weighted by Gasteiger charge is -2.22. The van der Waals surface area contributed by atoms with Gasteiger partial charge in [0.05, 0.1) is 66.1 Å². The van der Waals surface area contributed by atoms with E-state index >= 15 is 0 Å². The highest BCUT2D eigenvalue weighted by Crippen LogP contribution is 2.06. The molecule has 1 fully saturated rings. The van der Waals surface area contributed by atoms with Crippen molar-refractivity contribution in [3.63, 3.8) is 0 Å². The van der Waals surface area contributed by atoms with Gasteiger partial charge >= 0.3 is 5.97 Å². The summed E-state index contributed by atoms with van der Waals surface area (Å²) in [5.41, 5.74) is 0. The fourth-order valence-corrected chi connectivity index (χ4v) is 2.11. The lowest BCUT2D eigenvalue weighted by Crippen LogP contribution is -2.33. The van der Waals surface area contributed by atoms with Crippen molar-refractivity contribution in [2.24, 2.45) is 0 Å². The van der Waals surface area contributed by atoms with Crippen LogP contribution in [-0.2, 0) is 33.2 Å². The van der Waals surface area contributed by atoms with E-state index in [-0.39, 0.29) is 12.6 Å². The van der Waals surface area contributed by atoms with Gasteiger partial charge in [0.15, 0.2) is 0 Å². The van der Waals surface area contributed by atoms with Gasteiger partial charge in [0.25, 0.3) is 0 Å². The number of rotatable bonds is 15. The first-order valence-electron chi connectivity index (χ1n) is 8.53. The van der Waals surface area contributed by atoms with E-state index in [2.05, 4.69) is 10.1 Å². The first kappa shape index (κ1) is 21.3. The van der Waals surface area contributed by atoms with Crippen molar-refractivity contribution in [2.75, 3.05) is 79.7 Å². The molecule has 0 atom stereocenters. The van der Waals surface area contributed by atoms with Gasteiger partial charge in [0.2, 0.25) is 0 Å². The summed E-state index contributed by atoms with van der Waals surface area (Å²) in [7, 11) is 1.32. The minimum absolute atomic E-state index is 0.0466. The maximum atomic E-state index is 10.8. The van der Waals surface area contributed by atoms with Crippen LogP contribution in [0.3, 0.4) is 0 Å². The fourth-order valence-electron chi connectivity index (χ4n) is 2.11. The Morgan fingerprint density at radius 2 is 1.33 bits per heavy atom. The topological polar surface area (TPSA) is 84.5 Å². The molecular formula is C16H31NO7. The van der Waals surface area contributed by atoms with Crippen LogP contribution < -0.4 is 5.32 Å². The molecule has 0 radical (unpaired) electrons. The summed E-state index contributed by atoms with van der Waals surface area (Å²) in [4.78, 5) is 10.8.